The Balaban J connectivity index is 1.56. The van der Waals surface area contributed by atoms with Gasteiger partial charge in [0.1, 0.15) is 34.7 Å². The third-order valence-corrected chi connectivity index (χ3v) is 7.52. The van der Waals surface area contributed by atoms with Gasteiger partial charge in [0, 0.05) is 11.6 Å². The summed E-state index contributed by atoms with van der Waals surface area (Å²) >= 11 is 0. The zero-order chi connectivity index (χ0) is 28.1. The van der Waals surface area contributed by atoms with E-state index in [1.807, 2.05) is 48.5 Å². The molecule has 1 saturated carbocycles. The van der Waals surface area contributed by atoms with E-state index >= 15 is 0 Å². The molecule has 9 heteroatoms. The van der Waals surface area contributed by atoms with Gasteiger partial charge in [0.2, 0.25) is 11.8 Å². The number of amides is 2. The molecule has 208 valence electrons. The van der Waals surface area contributed by atoms with Crippen molar-refractivity contribution in [1.82, 2.24) is 25.2 Å². The zero-order valence-electron chi connectivity index (χ0n) is 22.8. The Morgan fingerprint density at radius 3 is 2.25 bits per heavy atom. The molecule has 3 aromatic carbocycles. The number of benzene rings is 3. The van der Waals surface area contributed by atoms with E-state index in [2.05, 4.69) is 15.5 Å². The summed E-state index contributed by atoms with van der Waals surface area (Å²) in [6.07, 6.45) is 5.02. The van der Waals surface area contributed by atoms with Crippen molar-refractivity contribution in [2.24, 2.45) is 0 Å². The number of hydrogen-bond acceptors (Lipinski definition) is 5. The van der Waals surface area contributed by atoms with Crippen molar-refractivity contribution in [3.8, 4) is 5.75 Å². The van der Waals surface area contributed by atoms with Crippen LogP contribution in [0.2, 0.25) is 0 Å². The monoisotopic (exact) mass is 543 g/mol. The Labute approximate surface area is 233 Å². The summed E-state index contributed by atoms with van der Waals surface area (Å²) in [5.74, 6) is -0.466. The van der Waals surface area contributed by atoms with Gasteiger partial charge in [0.05, 0.1) is 13.7 Å². The number of carbonyl (C=O) groups excluding carboxylic acids is 2. The number of nitrogens with one attached hydrogen (secondary N) is 1. The molecule has 8 nitrogen and oxygen atoms in total. The highest BCUT2D eigenvalue weighted by atomic mass is 19.1. The normalized spacial score (nSPS) is 15.4. The number of carbonyl (C=O) groups is 2. The lowest BCUT2D eigenvalue weighted by Crippen LogP contribution is -2.48. The van der Waals surface area contributed by atoms with Crippen molar-refractivity contribution in [2.75, 3.05) is 7.11 Å². The molecule has 2 amide bonds. The first-order valence-corrected chi connectivity index (χ1v) is 13.7. The minimum absolute atomic E-state index is 0.0305. The summed E-state index contributed by atoms with van der Waals surface area (Å²) < 4.78 is 19.5. The summed E-state index contributed by atoms with van der Waals surface area (Å²) in [6, 6.07) is 18.8. The molecule has 1 N–H and O–H groups in total. The molecular formula is C31H34FN5O3. The zero-order valence-corrected chi connectivity index (χ0v) is 22.8. The SMILES string of the molecule is COc1ccccc1CN(C(=O)[C@H](C)n1nc2ccccc2n1)[C@H](C(=O)NC1CCCCC1)c1ccc(F)cc1. The highest BCUT2D eigenvalue weighted by Gasteiger charge is 2.36. The molecule has 0 unspecified atom stereocenters. The molecule has 1 fully saturated rings. The van der Waals surface area contributed by atoms with Gasteiger partial charge in [0.15, 0.2) is 0 Å². The second-order valence-corrected chi connectivity index (χ2v) is 10.3. The summed E-state index contributed by atoms with van der Waals surface area (Å²) in [5, 5.41) is 12.2. The van der Waals surface area contributed by atoms with Gasteiger partial charge in [-0.3, -0.25) is 9.59 Å². The molecule has 0 radical (unpaired) electrons. The fraction of sp³-hybridized carbons (Fsp3) is 0.355. The third kappa shape index (κ3) is 5.98. The van der Waals surface area contributed by atoms with E-state index in [0.29, 0.717) is 22.3 Å². The molecule has 40 heavy (non-hydrogen) atoms. The molecule has 0 bridgehead atoms. The van der Waals surface area contributed by atoms with E-state index in [0.717, 1.165) is 37.7 Å². The van der Waals surface area contributed by atoms with E-state index in [1.54, 1.807) is 26.2 Å². The number of rotatable bonds is 9. The summed E-state index contributed by atoms with van der Waals surface area (Å²) in [6.45, 7) is 1.81. The Morgan fingerprint density at radius 2 is 1.60 bits per heavy atom. The standard InChI is InChI=1S/C31H34FN5O3/c1-21(37-34-26-13-7-8-14-27(26)35-37)31(39)36(20-23-10-6-9-15-28(23)40-2)29(22-16-18-24(32)19-17-22)30(38)33-25-11-4-3-5-12-25/h6-10,13-19,21,25,29H,3-5,11-12,20H2,1-2H3,(H,33,38)/t21-,29-/m0/s1. The van der Waals surface area contributed by atoms with Crippen LogP contribution >= 0.6 is 0 Å². The van der Waals surface area contributed by atoms with Gasteiger partial charge in [-0.05, 0) is 55.7 Å². The number of para-hydroxylation sites is 1. The maximum absolute atomic E-state index is 14.3. The first kappa shape index (κ1) is 27.3. The third-order valence-electron chi connectivity index (χ3n) is 7.52. The molecular weight excluding hydrogens is 509 g/mol. The molecule has 4 aromatic rings. The van der Waals surface area contributed by atoms with Gasteiger partial charge in [-0.15, -0.1) is 0 Å². The van der Waals surface area contributed by atoms with E-state index in [1.165, 1.54) is 21.8 Å². The quantitative estimate of drug-likeness (QED) is 0.307. The largest absolute Gasteiger partial charge is 0.496 e. The lowest BCUT2D eigenvalue weighted by atomic mass is 9.94. The van der Waals surface area contributed by atoms with Crippen LogP contribution in [0.15, 0.2) is 72.8 Å². The van der Waals surface area contributed by atoms with Gasteiger partial charge in [-0.2, -0.15) is 15.0 Å². The van der Waals surface area contributed by atoms with Crippen molar-refractivity contribution in [3.05, 3.63) is 89.7 Å². The topological polar surface area (TPSA) is 89.3 Å². The minimum atomic E-state index is -1.01. The van der Waals surface area contributed by atoms with E-state index in [-0.39, 0.29) is 24.4 Å². The first-order chi connectivity index (χ1) is 19.4. The van der Waals surface area contributed by atoms with Gasteiger partial charge in [-0.25, -0.2) is 4.39 Å². The molecule has 2 atom stereocenters. The highest BCUT2D eigenvalue weighted by Crippen LogP contribution is 2.30. The lowest BCUT2D eigenvalue weighted by Gasteiger charge is -2.35. The van der Waals surface area contributed by atoms with Crippen molar-refractivity contribution in [1.29, 1.82) is 0 Å². The van der Waals surface area contributed by atoms with Crippen LogP contribution in [0.1, 0.15) is 62.2 Å². The fourth-order valence-corrected chi connectivity index (χ4v) is 5.35. The first-order valence-electron chi connectivity index (χ1n) is 13.7. The molecule has 1 heterocycles. The van der Waals surface area contributed by atoms with Crippen LogP contribution in [0, 0.1) is 5.82 Å². The van der Waals surface area contributed by atoms with Crippen molar-refractivity contribution < 1.29 is 18.7 Å². The molecule has 1 aromatic heterocycles. The average Bonchev–Trinajstić information content (AvgIpc) is 3.42. The maximum Gasteiger partial charge on any atom is 0.250 e. The molecule has 5 rings (SSSR count). The van der Waals surface area contributed by atoms with Crippen LogP contribution in [-0.4, -0.2) is 44.9 Å². The predicted molar refractivity (Wildman–Crippen MR) is 150 cm³/mol. The number of methoxy groups -OCH3 is 1. The molecule has 0 saturated heterocycles. The van der Waals surface area contributed by atoms with Crippen LogP contribution in [0.4, 0.5) is 4.39 Å². The molecule has 0 spiro atoms. The summed E-state index contributed by atoms with van der Waals surface area (Å²) in [4.78, 5) is 31.3. The van der Waals surface area contributed by atoms with Gasteiger partial charge in [0.25, 0.3) is 0 Å². The summed E-state index contributed by atoms with van der Waals surface area (Å²) in [5.41, 5.74) is 2.59. The Kier molecular flexibility index (Phi) is 8.38. The van der Waals surface area contributed by atoms with E-state index in [4.69, 9.17) is 4.74 Å². The smallest absolute Gasteiger partial charge is 0.250 e. The van der Waals surface area contributed by atoms with Crippen LogP contribution in [0.3, 0.4) is 0 Å². The number of hydrogen-bond donors (Lipinski definition) is 1. The van der Waals surface area contributed by atoms with Crippen LogP contribution in [0.5, 0.6) is 5.75 Å². The Morgan fingerprint density at radius 1 is 0.975 bits per heavy atom. The van der Waals surface area contributed by atoms with Crippen molar-refractivity contribution in [3.63, 3.8) is 0 Å². The number of ether oxygens (including phenoxy) is 1. The lowest BCUT2D eigenvalue weighted by molar-refractivity contribution is -0.144. The number of fused-ring (bicyclic) bond motifs is 1. The minimum Gasteiger partial charge on any atom is -0.496 e. The van der Waals surface area contributed by atoms with Crippen molar-refractivity contribution in [2.45, 2.75) is 63.7 Å². The molecule has 1 aliphatic rings. The van der Waals surface area contributed by atoms with Crippen LogP contribution in [0.25, 0.3) is 11.0 Å². The average molecular weight is 544 g/mol. The number of aromatic nitrogens is 3. The summed E-state index contributed by atoms with van der Waals surface area (Å²) in [7, 11) is 1.57. The van der Waals surface area contributed by atoms with Gasteiger partial charge in [-0.1, -0.05) is 61.7 Å². The van der Waals surface area contributed by atoms with E-state index in [9.17, 15) is 14.0 Å². The molecule has 1 aliphatic carbocycles. The maximum atomic E-state index is 14.3. The Bertz CT molecular complexity index is 1430. The van der Waals surface area contributed by atoms with E-state index < -0.39 is 17.9 Å². The highest BCUT2D eigenvalue weighted by molar-refractivity contribution is 5.90. The van der Waals surface area contributed by atoms with Crippen molar-refractivity contribution >= 4 is 22.8 Å². The fourth-order valence-electron chi connectivity index (χ4n) is 5.35. The number of nitrogens with zero attached hydrogens (tertiary/aromatic N) is 4. The van der Waals surface area contributed by atoms with Gasteiger partial charge >= 0.3 is 0 Å². The Hall–Kier alpha value is -4.27. The number of halogens is 1. The molecule has 0 aliphatic heterocycles. The van der Waals surface area contributed by atoms with Crippen LogP contribution < -0.4 is 10.1 Å². The predicted octanol–water partition coefficient (Wildman–Crippen LogP) is 5.36. The van der Waals surface area contributed by atoms with Gasteiger partial charge < -0.3 is 15.0 Å². The van der Waals surface area contributed by atoms with Crippen LogP contribution in [-0.2, 0) is 16.1 Å². The second-order valence-electron chi connectivity index (χ2n) is 10.3. The second kappa shape index (κ2) is 12.3.